The third kappa shape index (κ3) is 4.58. The molecule has 1 unspecified atom stereocenters. The van der Waals surface area contributed by atoms with Crippen LogP contribution in [-0.2, 0) is 19.4 Å². The van der Waals surface area contributed by atoms with Crippen molar-refractivity contribution in [2.45, 2.75) is 25.9 Å². The van der Waals surface area contributed by atoms with Crippen LogP contribution < -0.4 is 4.74 Å². The molecular formula is C20H24BrNO. The molecule has 1 atom stereocenters. The highest BCUT2D eigenvalue weighted by Crippen LogP contribution is 2.29. The lowest BCUT2D eigenvalue weighted by Gasteiger charge is -2.27. The van der Waals surface area contributed by atoms with Gasteiger partial charge in [-0.05, 0) is 80.2 Å². The van der Waals surface area contributed by atoms with E-state index in [0.29, 0.717) is 6.61 Å². The Morgan fingerprint density at radius 1 is 1.13 bits per heavy atom. The smallest absolute Gasteiger partial charge is 0.120 e. The number of ether oxygens (including phenoxy) is 1. The van der Waals surface area contributed by atoms with Crippen molar-refractivity contribution in [2.24, 2.45) is 5.92 Å². The molecule has 0 spiro atoms. The van der Waals surface area contributed by atoms with E-state index < -0.39 is 0 Å². The van der Waals surface area contributed by atoms with Crippen molar-refractivity contribution in [3.05, 3.63) is 63.6 Å². The molecule has 3 heteroatoms. The van der Waals surface area contributed by atoms with Crippen LogP contribution in [0.15, 0.2) is 46.9 Å². The topological polar surface area (TPSA) is 12.5 Å². The molecule has 1 aliphatic rings. The fraction of sp³-hybridized carbons (Fsp3) is 0.400. The second-order valence-electron chi connectivity index (χ2n) is 6.72. The molecule has 0 radical (unpaired) electrons. The van der Waals surface area contributed by atoms with Crippen molar-refractivity contribution < 1.29 is 4.74 Å². The predicted molar refractivity (Wildman–Crippen MR) is 99.0 cm³/mol. The number of fused-ring (bicyclic) bond motifs is 1. The number of hydrogen-bond donors (Lipinski definition) is 0. The summed E-state index contributed by atoms with van der Waals surface area (Å²) >= 11 is 3.50. The standard InChI is InChI=1S/C20H24BrNO/c1-22(2)13-15-6-7-18-12-20(9-8-17(18)10-15)23-14-16-4-3-5-19(21)11-16/h3-5,8-9,11-12,15H,6-7,10,13-14H2,1-2H3. The molecule has 122 valence electrons. The van der Waals surface area contributed by atoms with Gasteiger partial charge in [-0.3, -0.25) is 0 Å². The molecule has 2 aromatic carbocycles. The predicted octanol–water partition coefficient (Wildman–Crippen LogP) is 4.69. The minimum Gasteiger partial charge on any atom is -0.489 e. The summed E-state index contributed by atoms with van der Waals surface area (Å²) in [5.41, 5.74) is 4.15. The van der Waals surface area contributed by atoms with Gasteiger partial charge >= 0.3 is 0 Å². The zero-order chi connectivity index (χ0) is 16.2. The third-order valence-electron chi connectivity index (χ3n) is 4.43. The molecule has 0 fully saturated rings. The molecule has 0 aliphatic heterocycles. The SMILES string of the molecule is CN(C)CC1CCc2cc(OCc3cccc(Br)c3)ccc2C1. The Labute approximate surface area is 147 Å². The first-order valence-corrected chi connectivity index (χ1v) is 9.03. The summed E-state index contributed by atoms with van der Waals surface area (Å²) in [5, 5.41) is 0. The Morgan fingerprint density at radius 2 is 2.00 bits per heavy atom. The van der Waals surface area contributed by atoms with Crippen LogP contribution in [0, 0.1) is 5.92 Å². The molecule has 2 nitrogen and oxygen atoms in total. The zero-order valence-electron chi connectivity index (χ0n) is 13.9. The number of nitrogens with zero attached hydrogens (tertiary/aromatic N) is 1. The summed E-state index contributed by atoms with van der Waals surface area (Å²) in [6.45, 7) is 1.79. The maximum absolute atomic E-state index is 5.98. The van der Waals surface area contributed by atoms with Gasteiger partial charge in [-0.25, -0.2) is 0 Å². The monoisotopic (exact) mass is 373 g/mol. The normalized spacial score (nSPS) is 17.1. The minimum atomic E-state index is 0.613. The van der Waals surface area contributed by atoms with Gasteiger partial charge < -0.3 is 9.64 Å². The van der Waals surface area contributed by atoms with E-state index in [0.717, 1.165) is 16.1 Å². The van der Waals surface area contributed by atoms with Crippen molar-refractivity contribution in [1.29, 1.82) is 0 Å². The van der Waals surface area contributed by atoms with Crippen LogP contribution in [0.25, 0.3) is 0 Å². The second kappa shape index (κ2) is 7.50. The van der Waals surface area contributed by atoms with Gasteiger partial charge in [0.25, 0.3) is 0 Å². The highest BCUT2D eigenvalue weighted by atomic mass is 79.9. The lowest BCUT2D eigenvalue weighted by atomic mass is 9.83. The quantitative estimate of drug-likeness (QED) is 0.753. The molecule has 0 saturated heterocycles. The van der Waals surface area contributed by atoms with Crippen molar-refractivity contribution in [1.82, 2.24) is 4.90 Å². The average molecular weight is 374 g/mol. The Kier molecular flexibility index (Phi) is 5.39. The number of aryl methyl sites for hydroxylation is 1. The van der Waals surface area contributed by atoms with Crippen LogP contribution in [0.3, 0.4) is 0 Å². The van der Waals surface area contributed by atoms with E-state index in [1.165, 1.54) is 42.5 Å². The molecule has 0 saturated carbocycles. The molecule has 0 aromatic heterocycles. The molecule has 23 heavy (non-hydrogen) atoms. The van der Waals surface area contributed by atoms with Gasteiger partial charge in [0.15, 0.2) is 0 Å². The lowest BCUT2D eigenvalue weighted by Crippen LogP contribution is -2.26. The number of rotatable bonds is 5. The van der Waals surface area contributed by atoms with Crippen LogP contribution in [0.4, 0.5) is 0 Å². The van der Waals surface area contributed by atoms with E-state index in [4.69, 9.17) is 4.74 Å². The van der Waals surface area contributed by atoms with Crippen molar-refractivity contribution in [2.75, 3.05) is 20.6 Å². The molecule has 2 aromatic rings. The summed E-state index contributed by atoms with van der Waals surface area (Å²) < 4.78 is 7.07. The van der Waals surface area contributed by atoms with Crippen molar-refractivity contribution >= 4 is 15.9 Å². The fourth-order valence-electron chi connectivity index (χ4n) is 3.36. The highest BCUT2D eigenvalue weighted by molar-refractivity contribution is 9.10. The van der Waals surface area contributed by atoms with Crippen LogP contribution in [0.5, 0.6) is 5.75 Å². The van der Waals surface area contributed by atoms with Gasteiger partial charge in [0, 0.05) is 11.0 Å². The first-order chi connectivity index (χ1) is 11.1. The van der Waals surface area contributed by atoms with Gasteiger partial charge in [-0.1, -0.05) is 34.1 Å². The Bertz CT molecular complexity index is 668. The molecule has 0 N–H and O–H groups in total. The van der Waals surface area contributed by atoms with E-state index in [9.17, 15) is 0 Å². The highest BCUT2D eigenvalue weighted by Gasteiger charge is 2.19. The van der Waals surface area contributed by atoms with Crippen molar-refractivity contribution in [3.8, 4) is 5.75 Å². The maximum atomic E-state index is 5.98. The molecular weight excluding hydrogens is 350 g/mol. The maximum Gasteiger partial charge on any atom is 0.120 e. The Morgan fingerprint density at radius 3 is 2.78 bits per heavy atom. The zero-order valence-corrected chi connectivity index (χ0v) is 15.5. The third-order valence-corrected chi connectivity index (χ3v) is 4.92. The van der Waals surface area contributed by atoms with E-state index in [-0.39, 0.29) is 0 Å². The summed E-state index contributed by atoms with van der Waals surface area (Å²) in [6.07, 6.45) is 3.64. The molecule has 0 heterocycles. The van der Waals surface area contributed by atoms with Gasteiger partial charge in [0.1, 0.15) is 12.4 Å². The molecule has 1 aliphatic carbocycles. The summed E-state index contributed by atoms with van der Waals surface area (Å²) in [7, 11) is 4.32. The van der Waals surface area contributed by atoms with Gasteiger partial charge in [-0.2, -0.15) is 0 Å². The van der Waals surface area contributed by atoms with Gasteiger partial charge in [-0.15, -0.1) is 0 Å². The van der Waals surface area contributed by atoms with Crippen LogP contribution >= 0.6 is 15.9 Å². The Hall–Kier alpha value is -1.32. The van der Waals surface area contributed by atoms with E-state index in [1.807, 2.05) is 12.1 Å². The first kappa shape index (κ1) is 16.5. The van der Waals surface area contributed by atoms with Crippen LogP contribution in [0.1, 0.15) is 23.1 Å². The van der Waals surface area contributed by atoms with Crippen molar-refractivity contribution in [3.63, 3.8) is 0 Å². The van der Waals surface area contributed by atoms with E-state index >= 15 is 0 Å². The molecule has 0 amide bonds. The number of halogens is 1. The Balaban J connectivity index is 1.63. The second-order valence-corrected chi connectivity index (χ2v) is 7.64. The summed E-state index contributed by atoms with van der Waals surface area (Å²) in [5.74, 6) is 1.76. The molecule has 3 rings (SSSR count). The van der Waals surface area contributed by atoms with E-state index in [2.05, 4.69) is 65.3 Å². The number of benzene rings is 2. The number of hydrogen-bond acceptors (Lipinski definition) is 2. The van der Waals surface area contributed by atoms with Crippen LogP contribution in [0.2, 0.25) is 0 Å². The first-order valence-electron chi connectivity index (χ1n) is 8.24. The lowest BCUT2D eigenvalue weighted by molar-refractivity contribution is 0.297. The summed E-state index contributed by atoms with van der Waals surface area (Å²) in [6, 6.07) is 14.9. The largest absolute Gasteiger partial charge is 0.489 e. The van der Waals surface area contributed by atoms with Gasteiger partial charge in [0.2, 0.25) is 0 Å². The fourth-order valence-corrected chi connectivity index (χ4v) is 3.81. The van der Waals surface area contributed by atoms with E-state index in [1.54, 1.807) is 0 Å². The molecule has 0 bridgehead atoms. The van der Waals surface area contributed by atoms with Crippen LogP contribution in [-0.4, -0.2) is 25.5 Å². The minimum absolute atomic E-state index is 0.613. The van der Waals surface area contributed by atoms with Gasteiger partial charge in [0.05, 0.1) is 0 Å². The summed E-state index contributed by atoms with van der Waals surface area (Å²) in [4.78, 5) is 2.30. The average Bonchev–Trinajstić information content (AvgIpc) is 2.52.